The molecule has 0 aliphatic carbocycles. The van der Waals surface area contributed by atoms with E-state index in [4.69, 9.17) is 0 Å². The molecule has 1 fully saturated rings. The average molecular weight is 404 g/mol. The summed E-state index contributed by atoms with van der Waals surface area (Å²) in [5, 5.41) is 11.9. The maximum atomic E-state index is 12.7. The second kappa shape index (κ2) is 8.05. The van der Waals surface area contributed by atoms with E-state index in [0.29, 0.717) is 10.7 Å². The summed E-state index contributed by atoms with van der Waals surface area (Å²) in [5.74, 6) is -0.253. The number of amidine groups is 1. The van der Waals surface area contributed by atoms with Gasteiger partial charge < -0.3 is 10.3 Å². The van der Waals surface area contributed by atoms with E-state index in [9.17, 15) is 9.59 Å². The van der Waals surface area contributed by atoms with Crippen molar-refractivity contribution in [2.24, 2.45) is 10.2 Å². The minimum absolute atomic E-state index is 0.0395. The first-order valence-electron chi connectivity index (χ1n) is 9.26. The third-order valence-electron chi connectivity index (χ3n) is 4.81. The Hall–Kier alpha value is -3.19. The summed E-state index contributed by atoms with van der Waals surface area (Å²) in [4.78, 5) is 28.1. The van der Waals surface area contributed by atoms with Crippen molar-refractivity contribution in [1.82, 2.24) is 10.3 Å². The van der Waals surface area contributed by atoms with E-state index in [1.54, 1.807) is 6.21 Å². The van der Waals surface area contributed by atoms with Crippen LogP contribution in [-0.4, -0.2) is 33.3 Å². The molecule has 1 unspecified atom stereocenters. The number of para-hydroxylation sites is 1. The zero-order valence-corrected chi connectivity index (χ0v) is 16.9. The Morgan fingerprint density at radius 1 is 1.21 bits per heavy atom. The molecule has 0 radical (unpaired) electrons. The van der Waals surface area contributed by atoms with Crippen LogP contribution < -0.4 is 5.32 Å². The van der Waals surface area contributed by atoms with Gasteiger partial charge in [-0.3, -0.25) is 9.59 Å². The number of amides is 1. The number of rotatable bonds is 5. The standard InChI is InChI=1S/C22H20N4O2S/c1-13-7-8-14(2)17(9-13)19(27)10-20-21(28)25-22(29-20)26-24-12-15-11-23-18-6-4-3-5-16(15)18/h3-9,11-12,20,23H,10H2,1-2H3,(H,25,26,28)/b24-12+. The molecule has 0 spiro atoms. The highest BCUT2D eigenvalue weighted by Crippen LogP contribution is 2.25. The first-order valence-corrected chi connectivity index (χ1v) is 10.1. The van der Waals surface area contributed by atoms with Gasteiger partial charge in [0.15, 0.2) is 11.0 Å². The predicted octanol–water partition coefficient (Wildman–Crippen LogP) is 3.98. The molecule has 0 bridgehead atoms. The number of aromatic amines is 1. The lowest BCUT2D eigenvalue weighted by molar-refractivity contribution is -0.118. The number of H-pyrrole nitrogens is 1. The van der Waals surface area contributed by atoms with Crippen molar-refractivity contribution in [2.45, 2.75) is 25.5 Å². The number of nitrogens with one attached hydrogen (secondary N) is 2. The second-order valence-corrected chi connectivity index (χ2v) is 8.17. The van der Waals surface area contributed by atoms with Crippen LogP contribution in [0.1, 0.15) is 33.5 Å². The topological polar surface area (TPSA) is 86.7 Å². The van der Waals surface area contributed by atoms with Gasteiger partial charge in [0, 0.05) is 34.6 Å². The maximum Gasteiger partial charge on any atom is 0.240 e. The number of carbonyl (C=O) groups is 2. The van der Waals surface area contributed by atoms with Crippen LogP contribution >= 0.6 is 11.8 Å². The van der Waals surface area contributed by atoms with Gasteiger partial charge in [0.05, 0.1) is 11.5 Å². The first kappa shape index (κ1) is 19.1. The summed E-state index contributed by atoms with van der Waals surface area (Å²) in [7, 11) is 0. The first-order chi connectivity index (χ1) is 14.0. The molecule has 7 heteroatoms. The molecular formula is C22H20N4O2S. The number of thioether (sulfide) groups is 1. The van der Waals surface area contributed by atoms with Gasteiger partial charge in [-0.05, 0) is 31.5 Å². The van der Waals surface area contributed by atoms with Crippen LogP contribution in [0.4, 0.5) is 0 Å². The number of aromatic nitrogens is 1. The van der Waals surface area contributed by atoms with E-state index in [-0.39, 0.29) is 18.1 Å². The van der Waals surface area contributed by atoms with Gasteiger partial charge in [0.1, 0.15) is 0 Å². The molecule has 1 atom stereocenters. The van der Waals surface area contributed by atoms with Gasteiger partial charge in [0.25, 0.3) is 0 Å². The van der Waals surface area contributed by atoms with Gasteiger partial charge in [-0.1, -0.05) is 47.7 Å². The number of hydrogen-bond donors (Lipinski definition) is 2. The molecule has 146 valence electrons. The summed E-state index contributed by atoms with van der Waals surface area (Å²) in [5.41, 5.74) is 4.55. The molecule has 0 saturated carbocycles. The molecule has 2 N–H and O–H groups in total. The molecule has 3 aromatic rings. The summed E-state index contributed by atoms with van der Waals surface area (Å²) in [6, 6.07) is 13.7. The van der Waals surface area contributed by atoms with Gasteiger partial charge in [-0.15, -0.1) is 5.10 Å². The van der Waals surface area contributed by atoms with Gasteiger partial charge >= 0.3 is 0 Å². The Morgan fingerprint density at radius 3 is 2.90 bits per heavy atom. The SMILES string of the molecule is Cc1ccc(C)c(C(=O)CC2S/C(=N\N=C\c3c[nH]c4ccccc34)NC2=O)c1. The Labute approximate surface area is 172 Å². The fourth-order valence-electron chi connectivity index (χ4n) is 3.25. The largest absolute Gasteiger partial charge is 0.361 e. The molecule has 29 heavy (non-hydrogen) atoms. The average Bonchev–Trinajstić information content (AvgIpc) is 3.27. The fraction of sp³-hybridized carbons (Fsp3) is 0.182. The van der Waals surface area contributed by atoms with Gasteiger partial charge in [-0.2, -0.15) is 5.10 Å². The van der Waals surface area contributed by atoms with Gasteiger partial charge in [0.2, 0.25) is 5.91 Å². The molecule has 1 amide bonds. The van der Waals surface area contributed by atoms with Crippen molar-refractivity contribution in [3.8, 4) is 0 Å². The van der Waals surface area contributed by atoms with E-state index in [0.717, 1.165) is 27.6 Å². The van der Waals surface area contributed by atoms with Crippen molar-refractivity contribution in [3.63, 3.8) is 0 Å². The number of hydrogen-bond acceptors (Lipinski definition) is 5. The molecule has 2 aromatic carbocycles. The van der Waals surface area contributed by atoms with Crippen LogP contribution in [0.15, 0.2) is 58.9 Å². The normalized spacial score (nSPS) is 18.1. The Balaban J connectivity index is 1.43. The Morgan fingerprint density at radius 2 is 2.03 bits per heavy atom. The molecule has 1 aromatic heterocycles. The zero-order valence-electron chi connectivity index (χ0n) is 16.1. The Bertz CT molecular complexity index is 1160. The summed E-state index contributed by atoms with van der Waals surface area (Å²) < 4.78 is 0. The molecule has 1 saturated heterocycles. The monoisotopic (exact) mass is 404 g/mol. The van der Waals surface area contributed by atoms with E-state index < -0.39 is 5.25 Å². The van der Waals surface area contributed by atoms with Crippen molar-refractivity contribution in [2.75, 3.05) is 0 Å². The zero-order chi connectivity index (χ0) is 20.4. The number of benzene rings is 2. The quantitative estimate of drug-likeness (QED) is 0.383. The van der Waals surface area contributed by atoms with E-state index in [1.807, 2.05) is 62.5 Å². The molecule has 1 aliphatic heterocycles. The number of ketones is 1. The highest BCUT2D eigenvalue weighted by atomic mass is 32.2. The highest BCUT2D eigenvalue weighted by molar-refractivity contribution is 8.15. The minimum atomic E-state index is -0.496. The lowest BCUT2D eigenvalue weighted by atomic mass is 9.99. The van der Waals surface area contributed by atoms with Crippen LogP contribution in [0, 0.1) is 13.8 Å². The van der Waals surface area contributed by atoms with Crippen LogP contribution in [-0.2, 0) is 4.79 Å². The second-order valence-electron chi connectivity index (χ2n) is 6.98. The van der Waals surface area contributed by atoms with Crippen molar-refractivity contribution in [1.29, 1.82) is 0 Å². The van der Waals surface area contributed by atoms with Crippen LogP contribution in [0.3, 0.4) is 0 Å². The number of aryl methyl sites for hydroxylation is 2. The third kappa shape index (κ3) is 4.14. The van der Waals surface area contributed by atoms with Crippen molar-refractivity contribution in [3.05, 3.63) is 70.9 Å². The summed E-state index contributed by atoms with van der Waals surface area (Å²) in [6.07, 6.45) is 3.64. The van der Waals surface area contributed by atoms with Crippen molar-refractivity contribution >= 4 is 45.7 Å². The van der Waals surface area contributed by atoms with E-state index in [2.05, 4.69) is 20.5 Å². The smallest absolute Gasteiger partial charge is 0.240 e. The highest BCUT2D eigenvalue weighted by Gasteiger charge is 2.32. The van der Waals surface area contributed by atoms with Gasteiger partial charge in [-0.25, -0.2) is 0 Å². The van der Waals surface area contributed by atoms with Crippen molar-refractivity contribution < 1.29 is 9.59 Å². The number of nitrogens with zero attached hydrogens (tertiary/aromatic N) is 2. The number of carbonyl (C=O) groups excluding carboxylic acids is 2. The molecule has 2 heterocycles. The molecule has 4 rings (SSSR count). The minimum Gasteiger partial charge on any atom is -0.361 e. The summed E-state index contributed by atoms with van der Waals surface area (Å²) in [6.45, 7) is 3.85. The number of fused-ring (bicyclic) bond motifs is 1. The van der Waals surface area contributed by atoms with Crippen LogP contribution in [0.25, 0.3) is 10.9 Å². The van der Waals surface area contributed by atoms with Crippen LogP contribution in [0.5, 0.6) is 0 Å². The third-order valence-corrected chi connectivity index (χ3v) is 5.88. The molecule has 1 aliphatic rings. The van der Waals surface area contributed by atoms with Crippen LogP contribution in [0.2, 0.25) is 0 Å². The maximum absolute atomic E-state index is 12.7. The lowest BCUT2D eigenvalue weighted by Gasteiger charge is -2.08. The summed E-state index contributed by atoms with van der Waals surface area (Å²) >= 11 is 1.24. The Kier molecular flexibility index (Phi) is 5.31. The fourth-order valence-corrected chi connectivity index (χ4v) is 4.17. The number of Topliss-reactive ketones (excluding diaryl/α,β-unsaturated/α-hetero) is 1. The lowest BCUT2D eigenvalue weighted by Crippen LogP contribution is -2.26. The molecule has 6 nitrogen and oxygen atoms in total. The van der Waals surface area contributed by atoms with E-state index in [1.165, 1.54) is 11.8 Å². The van der Waals surface area contributed by atoms with E-state index >= 15 is 0 Å². The predicted molar refractivity (Wildman–Crippen MR) is 118 cm³/mol. The molecular weight excluding hydrogens is 384 g/mol.